The molecule has 6 nitrogen and oxygen atoms in total. The number of carbonyl (C=O) groups excluding carboxylic acids is 2. The Hall–Kier alpha value is -2.99. The molecule has 0 spiro atoms. The lowest BCUT2D eigenvalue weighted by Gasteiger charge is -2.48. The van der Waals surface area contributed by atoms with Crippen LogP contribution in [0.15, 0.2) is 67.5 Å². The van der Waals surface area contributed by atoms with Gasteiger partial charge in [-0.1, -0.05) is 36.4 Å². The van der Waals surface area contributed by atoms with Crippen LogP contribution in [-0.4, -0.2) is 57.8 Å². The number of rotatable bonds is 8. The van der Waals surface area contributed by atoms with E-state index in [-0.39, 0.29) is 17.9 Å². The molecule has 2 amide bonds. The van der Waals surface area contributed by atoms with Gasteiger partial charge in [0.05, 0.1) is 0 Å². The Labute approximate surface area is 184 Å². The third-order valence-electron chi connectivity index (χ3n) is 6.28. The highest BCUT2D eigenvalue weighted by Crippen LogP contribution is 2.40. The maximum atomic E-state index is 13.6. The summed E-state index contributed by atoms with van der Waals surface area (Å²) in [4.78, 5) is 35.3. The summed E-state index contributed by atoms with van der Waals surface area (Å²) in [5.41, 5.74) is 1.01. The Balaban J connectivity index is 1.58. The molecule has 0 radical (unpaired) electrons. The molecule has 162 valence electrons. The number of piperidine rings is 1. The Morgan fingerprint density at radius 2 is 1.81 bits per heavy atom. The van der Waals surface area contributed by atoms with E-state index in [4.69, 9.17) is 0 Å². The number of nitrogens with one attached hydrogen (secondary N) is 1. The number of pyridine rings is 1. The molecule has 2 aromatic rings. The van der Waals surface area contributed by atoms with Crippen LogP contribution in [0.25, 0.3) is 0 Å². The van der Waals surface area contributed by atoms with Crippen molar-refractivity contribution in [3.63, 3.8) is 0 Å². The molecule has 1 aliphatic carbocycles. The average molecular weight is 419 g/mol. The van der Waals surface area contributed by atoms with Crippen molar-refractivity contribution in [1.29, 1.82) is 0 Å². The summed E-state index contributed by atoms with van der Waals surface area (Å²) in [6.07, 6.45) is 8.08. The minimum atomic E-state index is -0.836. The molecule has 2 heterocycles. The molecule has 0 bridgehead atoms. The van der Waals surface area contributed by atoms with E-state index in [1.807, 2.05) is 11.0 Å². The molecular formula is C25H30N4O2. The number of hydrogen-bond donors (Lipinski definition) is 1. The SMILES string of the molecule is C=CCNC(=O)C1(N(C(=O)c2ccncc2)C2CC2)CCN(Cc2ccccc2)CC1. The smallest absolute Gasteiger partial charge is 0.255 e. The first-order chi connectivity index (χ1) is 15.1. The normalized spacial score (nSPS) is 18.2. The van der Waals surface area contributed by atoms with Gasteiger partial charge in [-0.3, -0.25) is 19.5 Å². The average Bonchev–Trinajstić information content (AvgIpc) is 3.65. The van der Waals surface area contributed by atoms with Crippen LogP contribution < -0.4 is 5.32 Å². The van der Waals surface area contributed by atoms with Gasteiger partial charge < -0.3 is 10.2 Å². The highest BCUT2D eigenvalue weighted by molar-refractivity contribution is 5.99. The summed E-state index contributed by atoms with van der Waals surface area (Å²) in [5.74, 6) is -0.142. The zero-order valence-electron chi connectivity index (χ0n) is 17.9. The summed E-state index contributed by atoms with van der Waals surface area (Å²) in [7, 11) is 0. The third-order valence-corrected chi connectivity index (χ3v) is 6.28. The van der Waals surface area contributed by atoms with E-state index >= 15 is 0 Å². The number of carbonyl (C=O) groups is 2. The van der Waals surface area contributed by atoms with Crippen molar-refractivity contribution in [2.75, 3.05) is 19.6 Å². The molecule has 1 aliphatic heterocycles. The van der Waals surface area contributed by atoms with Crippen LogP contribution >= 0.6 is 0 Å². The lowest BCUT2D eigenvalue weighted by atomic mass is 9.83. The number of likely N-dealkylation sites (tertiary alicyclic amines) is 1. The monoisotopic (exact) mass is 418 g/mol. The summed E-state index contributed by atoms with van der Waals surface area (Å²) in [6.45, 7) is 6.51. The van der Waals surface area contributed by atoms with Crippen LogP contribution in [0.2, 0.25) is 0 Å². The topological polar surface area (TPSA) is 65.5 Å². The maximum absolute atomic E-state index is 13.6. The zero-order chi connectivity index (χ0) is 21.7. The fraction of sp³-hybridized carbons (Fsp3) is 0.400. The molecule has 1 N–H and O–H groups in total. The summed E-state index contributed by atoms with van der Waals surface area (Å²) in [5, 5.41) is 3.00. The van der Waals surface area contributed by atoms with Crippen LogP contribution in [0, 0.1) is 0 Å². The van der Waals surface area contributed by atoms with Gasteiger partial charge in [0.15, 0.2) is 0 Å². The second-order valence-corrected chi connectivity index (χ2v) is 8.43. The summed E-state index contributed by atoms with van der Waals surface area (Å²) < 4.78 is 0. The molecule has 31 heavy (non-hydrogen) atoms. The molecule has 6 heteroatoms. The molecule has 1 saturated carbocycles. The largest absolute Gasteiger partial charge is 0.351 e. The van der Waals surface area contributed by atoms with Crippen molar-refractivity contribution in [3.8, 4) is 0 Å². The molecular weight excluding hydrogens is 388 g/mol. The third kappa shape index (κ3) is 4.69. The molecule has 1 aromatic heterocycles. The fourth-order valence-corrected chi connectivity index (χ4v) is 4.51. The van der Waals surface area contributed by atoms with Gasteiger partial charge in [0.25, 0.3) is 5.91 Å². The van der Waals surface area contributed by atoms with Gasteiger partial charge in [-0.05, 0) is 43.4 Å². The predicted molar refractivity (Wildman–Crippen MR) is 120 cm³/mol. The zero-order valence-corrected chi connectivity index (χ0v) is 17.9. The predicted octanol–water partition coefficient (Wildman–Crippen LogP) is 3.02. The lowest BCUT2D eigenvalue weighted by molar-refractivity contribution is -0.135. The van der Waals surface area contributed by atoms with Crippen molar-refractivity contribution < 1.29 is 9.59 Å². The minimum absolute atomic E-state index is 0.0685. The van der Waals surface area contributed by atoms with Crippen LogP contribution in [-0.2, 0) is 11.3 Å². The fourth-order valence-electron chi connectivity index (χ4n) is 4.51. The molecule has 2 aliphatic rings. The second kappa shape index (κ2) is 9.43. The first-order valence-electron chi connectivity index (χ1n) is 11.0. The molecule has 1 saturated heterocycles. The number of nitrogens with zero attached hydrogens (tertiary/aromatic N) is 3. The van der Waals surface area contributed by atoms with Gasteiger partial charge in [0, 0.05) is 50.2 Å². The van der Waals surface area contributed by atoms with Crippen LogP contribution in [0.4, 0.5) is 0 Å². The molecule has 0 unspecified atom stereocenters. The Morgan fingerprint density at radius 3 is 2.42 bits per heavy atom. The molecule has 2 fully saturated rings. The van der Waals surface area contributed by atoms with E-state index < -0.39 is 5.54 Å². The number of aromatic nitrogens is 1. The highest BCUT2D eigenvalue weighted by Gasteiger charge is 2.53. The van der Waals surface area contributed by atoms with Gasteiger partial charge in [0.1, 0.15) is 5.54 Å². The quantitative estimate of drug-likeness (QED) is 0.670. The molecule has 0 atom stereocenters. The second-order valence-electron chi connectivity index (χ2n) is 8.43. The first-order valence-corrected chi connectivity index (χ1v) is 11.0. The Morgan fingerprint density at radius 1 is 1.13 bits per heavy atom. The molecule has 1 aromatic carbocycles. The Kier molecular flexibility index (Phi) is 6.47. The van der Waals surface area contributed by atoms with E-state index in [2.05, 4.69) is 46.0 Å². The lowest BCUT2D eigenvalue weighted by Crippen LogP contribution is -2.65. The van der Waals surface area contributed by atoms with Crippen molar-refractivity contribution in [2.24, 2.45) is 0 Å². The summed E-state index contributed by atoms with van der Waals surface area (Å²) >= 11 is 0. The number of amides is 2. The van der Waals surface area contributed by atoms with Gasteiger partial charge in [-0.15, -0.1) is 6.58 Å². The van der Waals surface area contributed by atoms with E-state index in [1.165, 1.54) is 5.56 Å². The van der Waals surface area contributed by atoms with Crippen LogP contribution in [0.1, 0.15) is 41.6 Å². The van der Waals surface area contributed by atoms with Gasteiger partial charge in [0.2, 0.25) is 5.91 Å². The van der Waals surface area contributed by atoms with Crippen molar-refractivity contribution >= 4 is 11.8 Å². The van der Waals surface area contributed by atoms with Gasteiger partial charge >= 0.3 is 0 Å². The highest BCUT2D eigenvalue weighted by atomic mass is 16.2. The Bertz CT molecular complexity index is 904. The molecule has 4 rings (SSSR count). The van der Waals surface area contributed by atoms with Crippen molar-refractivity contribution in [3.05, 3.63) is 78.6 Å². The van der Waals surface area contributed by atoms with Crippen LogP contribution in [0.3, 0.4) is 0 Å². The first kappa shape index (κ1) is 21.2. The van der Waals surface area contributed by atoms with E-state index in [0.29, 0.717) is 24.9 Å². The van der Waals surface area contributed by atoms with Crippen LogP contribution in [0.5, 0.6) is 0 Å². The number of benzene rings is 1. The van der Waals surface area contributed by atoms with Crippen molar-refractivity contribution in [1.82, 2.24) is 20.1 Å². The van der Waals surface area contributed by atoms with Gasteiger partial charge in [-0.25, -0.2) is 0 Å². The van der Waals surface area contributed by atoms with E-state index in [9.17, 15) is 9.59 Å². The van der Waals surface area contributed by atoms with Gasteiger partial charge in [-0.2, -0.15) is 0 Å². The van der Waals surface area contributed by atoms with E-state index in [1.54, 1.807) is 30.6 Å². The minimum Gasteiger partial charge on any atom is -0.351 e. The standard InChI is InChI=1S/C25H30N4O2/c1-2-14-27-24(31)25(12-17-28(18-13-25)19-20-6-4-3-5-7-20)29(22-8-9-22)23(30)21-10-15-26-16-11-21/h2-7,10-11,15-16,22H,1,8-9,12-14,17-19H2,(H,27,31). The number of hydrogen-bond acceptors (Lipinski definition) is 4. The maximum Gasteiger partial charge on any atom is 0.255 e. The summed E-state index contributed by atoms with van der Waals surface area (Å²) in [6, 6.07) is 14.0. The van der Waals surface area contributed by atoms with E-state index in [0.717, 1.165) is 32.5 Å². The van der Waals surface area contributed by atoms with Crippen molar-refractivity contribution in [2.45, 2.75) is 43.8 Å².